The van der Waals surface area contributed by atoms with Crippen LogP contribution in [0.4, 0.5) is 0 Å². The number of ether oxygens (including phenoxy) is 1. The van der Waals surface area contributed by atoms with Gasteiger partial charge in [-0.05, 0) is 5.41 Å². The number of carbonyl (C=O) groups excluding carboxylic acids is 2. The summed E-state index contributed by atoms with van der Waals surface area (Å²) in [7, 11) is 2.81. The smallest absolute Gasteiger partial charge is 0.325 e. The van der Waals surface area contributed by atoms with Gasteiger partial charge in [0.25, 0.3) is 0 Å². The van der Waals surface area contributed by atoms with Crippen LogP contribution in [0.2, 0.25) is 0 Å². The van der Waals surface area contributed by atoms with Crippen molar-refractivity contribution in [3.8, 4) is 0 Å². The molecule has 0 saturated carbocycles. The first-order valence-electron chi connectivity index (χ1n) is 4.77. The van der Waals surface area contributed by atoms with Crippen molar-refractivity contribution in [2.45, 2.75) is 26.8 Å². The van der Waals surface area contributed by atoms with Crippen LogP contribution < -0.4 is 5.73 Å². The normalized spacial score (nSPS) is 13.2. The van der Waals surface area contributed by atoms with Crippen LogP contribution in [0.5, 0.6) is 0 Å². The van der Waals surface area contributed by atoms with Gasteiger partial charge in [0.1, 0.15) is 6.54 Å². The lowest BCUT2D eigenvalue weighted by molar-refractivity contribution is -0.147. The molecule has 0 rings (SSSR count). The molecule has 88 valence electrons. The second kappa shape index (κ2) is 5.11. The Kier molecular flexibility index (Phi) is 4.74. The Balaban J connectivity index is 4.39. The van der Waals surface area contributed by atoms with E-state index >= 15 is 0 Å². The van der Waals surface area contributed by atoms with Crippen molar-refractivity contribution < 1.29 is 14.3 Å². The summed E-state index contributed by atoms with van der Waals surface area (Å²) in [6.45, 7) is 5.56. The lowest BCUT2D eigenvalue weighted by Crippen LogP contribution is -2.50. The molecule has 5 nitrogen and oxygen atoms in total. The van der Waals surface area contributed by atoms with Gasteiger partial charge in [-0.3, -0.25) is 9.59 Å². The molecule has 0 aliphatic carbocycles. The maximum atomic E-state index is 11.7. The molecule has 0 saturated heterocycles. The molecule has 0 heterocycles. The van der Waals surface area contributed by atoms with E-state index in [1.807, 2.05) is 20.8 Å². The molecule has 0 aromatic heterocycles. The third-order valence-electron chi connectivity index (χ3n) is 2.17. The van der Waals surface area contributed by atoms with Crippen molar-refractivity contribution in [3.63, 3.8) is 0 Å². The number of rotatable bonds is 3. The summed E-state index contributed by atoms with van der Waals surface area (Å²) in [5.41, 5.74) is 5.45. The van der Waals surface area contributed by atoms with Crippen LogP contribution in [0.1, 0.15) is 20.8 Å². The van der Waals surface area contributed by atoms with Gasteiger partial charge in [0, 0.05) is 7.05 Å². The van der Waals surface area contributed by atoms with Crippen LogP contribution in [-0.4, -0.2) is 43.5 Å². The van der Waals surface area contributed by atoms with Crippen LogP contribution in [0.15, 0.2) is 0 Å². The van der Waals surface area contributed by atoms with Crippen LogP contribution in [0.3, 0.4) is 0 Å². The summed E-state index contributed by atoms with van der Waals surface area (Å²) in [4.78, 5) is 24.0. The number of carbonyl (C=O) groups is 2. The molecule has 0 aliphatic rings. The zero-order valence-corrected chi connectivity index (χ0v) is 10.0. The second-order valence-corrected chi connectivity index (χ2v) is 4.61. The number of hydrogen-bond acceptors (Lipinski definition) is 4. The third kappa shape index (κ3) is 4.29. The van der Waals surface area contributed by atoms with E-state index in [2.05, 4.69) is 4.74 Å². The van der Waals surface area contributed by atoms with Crippen molar-refractivity contribution >= 4 is 11.9 Å². The quantitative estimate of drug-likeness (QED) is 0.673. The first-order chi connectivity index (χ1) is 6.70. The van der Waals surface area contributed by atoms with Gasteiger partial charge in [-0.25, -0.2) is 0 Å². The average Bonchev–Trinajstić information content (AvgIpc) is 2.13. The summed E-state index contributed by atoms with van der Waals surface area (Å²) in [6, 6.07) is -0.618. The topological polar surface area (TPSA) is 72.6 Å². The minimum atomic E-state index is -0.618. The monoisotopic (exact) mass is 216 g/mol. The second-order valence-electron chi connectivity index (χ2n) is 4.61. The lowest BCUT2D eigenvalue weighted by atomic mass is 9.86. The van der Waals surface area contributed by atoms with E-state index in [0.29, 0.717) is 0 Å². The molecule has 1 atom stereocenters. The molecular formula is C10H20N2O3. The molecule has 2 N–H and O–H groups in total. The van der Waals surface area contributed by atoms with E-state index < -0.39 is 12.0 Å². The Morgan fingerprint density at radius 1 is 1.40 bits per heavy atom. The standard InChI is InChI=1S/C10H20N2O3/c1-10(2,3)8(11)9(14)12(4)6-7(13)15-5/h8H,6,11H2,1-5H3/t8-/m1/s1. The van der Waals surface area contributed by atoms with E-state index in [1.165, 1.54) is 19.1 Å². The third-order valence-corrected chi connectivity index (χ3v) is 2.17. The molecule has 0 bridgehead atoms. The van der Waals surface area contributed by atoms with Gasteiger partial charge in [-0.15, -0.1) is 0 Å². The van der Waals surface area contributed by atoms with Crippen LogP contribution >= 0.6 is 0 Å². The first kappa shape index (κ1) is 13.9. The summed E-state index contributed by atoms with van der Waals surface area (Å²) in [5.74, 6) is -0.708. The zero-order valence-electron chi connectivity index (χ0n) is 10.0. The van der Waals surface area contributed by atoms with Gasteiger partial charge in [0.2, 0.25) is 5.91 Å². The van der Waals surface area contributed by atoms with Gasteiger partial charge < -0.3 is 15.4 Å². The maximum absolute atomic E-state index is 11.7. The van der Waals surface area contributed by atoms with Crippen LogP contribution in [-0.2, 0) is 14.3 Å². The number of hydrogen-bond donors (Lipinski definition) is 1. The Labute approximate surface area is 90.6 Å². The Morgan fingerprint density at radius 2 is 1.87 bits per heavy atom. The maximum Gasteiger partial charge on any atom is 0.325 e. The van der Waals surface area contributed by atoms with Crippen LogP contribution in [0, 0.1) is 5.41 Å². The van der Waals surface area contributed by atoms with Crippen molar-refractivity contribution in [3.05, 3.63) is 0 Å². The SMILES string of the molecule is COC(=O)CN(C)C(=O)[C@@H](N)C(C)(C)C. The van der Waals surface area contributed by atoms with Gasteiger partial charge in [-0.2, -0.15) is 0 Å². The Bertz CT molecular complexity index is 246. The summed E-state index contributed by atoms with van der Waals surface area (Å²) in [6.07, 6.45) is 0. The van der Waals surface area contributed by atoms with Gasteiger partial charge in [0.05, 0.1) is 13.2 Å². The highest BCUT2D eigenvalue weighted by atomic mass is 16.5. The van der Waals surface area contributed by atoms with E-state index in [1.54, 1.807) is 0 Å². The van der Waals surface area contributed by atoms with E-state index in [-0.39, 0.29) is 17.9 Å². The molecule has 0 aromatic carbocycles. The largest absolute Gasteiger partial charge is 0.468 e. The molecular weight excluding hydrogens is 196 g/mol. The molecule has 0 unspecified atom stereocenters. The number of nitrogens with zero attached hydrogens (tertiary/aromatic N) is 1. The molecule has 0 fully saturated rings. The number of methoxy groups -OCH3 is 1. The molecule has 0 spiro atoms. The molecule has 1 amide bonds. The van der Waals surface area contributed by atoms with Crippen molar-refractivity contribution in [1.29, 1.82) is 0 Å². The van der Waals surface area contributed by atoms with Crippen LogP contribution in [0.25, 0.3) is 0 Å². The average molecular weight is 216 g/mol. The molecule has 0 radical (unpaired) electrons. The predicted molar refractivity (Wildman–Crippen MR) is 57.1 cm³/mol. The number of amides is 1. The fraction of sp³-hybridized carbons (Fsp3) is 0.800. The molecule has 15 heavy (non-hydrogen) atoms. The fourth-order valence-electron chi connectivity index (χ4n) is 0.944. The van der Waals surface area contributed by atoms with Gasteiger partial charge in [-0.1, -0.05) is 20.8 Å². The van der Waals surface area contributed by atoms with E-state index in [9.17, 15) is 9.59 Å². The van der Waals surface area contributed by atoms with Crippen molar-refractivity contribution in [2.75, 3.05) is 20.7 Å². The first-order valence-corrected chi connectivity index (χ1v) is 4.77. The van der Waals surface area contributed by atoms with Crippen molar-refractivity contribution in [2.24, 2.45) is 11.1 Å². The Hall–Kier alpha value is -1.10. The lowest BCUT2D eigenvalue weighted by Gasteiger charge is -2.29. The fourth-order valence-corrected chi connectivity index (χ4v) is 0.944. The van der Waals surface area contributed by atoms with Gasteiger partial charge in [0.15, 0.2) is 0 Å². The highest BCUT2D eigenvalue weighted by molar-refractivity contribution is 5.85. The number of likely N-dealkylation sites (N-methyl/N-ethyl adjacent to an activating group) is 1. The minimum Gasteiger partial charge on any atom is -0.468 e. The highest BCUT2D eigenvalue weighted by Gasteiger charge is 2.30. The molecule has 5 heteroatoms. The summed E-state index contributed by atoms with van der Waals surface area (Å²) < 4.78 is 4.46. The molecule has 0 aromatic rings. The molecule has 0 aliphatic heterocycles. The zero-order chi connectivity index (χ0) is 12.2. The minimum absolute atomic E-state index is 0.0703. The predicted octanol–water partition coefficient (Wildman–Crippen LogP) is -0.00880. The van der Waals surface area contributed by atoms with E-state index in [0.717, 1.165) is 0 Å². The summed E-state index contributed by atoms with van der Waals surface area (Å²) in [5, 5.41) is 0. The summed E-state index contributed by atoms with van der Waals surface area (Å²) >= 11 is 0. The van der Waals surface area contributed by atoms with Gasteiger partial charge >= 0.3 is 5.97 Å². The highest BCUT2D eigenvalue weighted by Crippen LogP contribution is 2.18. The Morgan fingerprint density at radius 3 is 2.20 bits per heavy atom. The van der Waals surface area contributed by atoms with E-state index in [4.69, 9.17) is 5.73 Å². The van der Waals surface area contributed by atoms with Crippen molar-refractivity contribution in [1.82, 2.24) is 4.90 Å². The number of nitrogens with two attached hydrogens (primary N) is 1. The number of esters is 1.